The molecule has 120 valence electrons. The van der Waals surface area contributed by atoms with E-state index in [0.29, 0.717) is 16.7 Å². The lowest BCUT2D eigenvalue weighted by Gasteiger charge is -2.61. The van der Waals surface area contributed by atoms with Crippen molar-refractivity contribution in [2.24, 2.45) is 11.8 Å². The van der Waals surface area contributed by atoms with Crippen LogP contribution < -0.4 is 5.32 Å². The molecule has 1 amide bonds. The topological polar surface area (TPSA) is 85.6 Å². The Kier molecular flexibility index (Phi) is 2.72. The lowest BCUT2D eigenvalue weighted by atomic mass is 9.50. The molecule has 7 nitrogen and oxygen atoms in total. The van der Waals surface area contributed by atoms with E-state index in [0.717, 1.165) is 32.1 Å². The Morgan fingerprint density at radius 3 is 2.78 bits per heavy atom. The summed E-state index contributed by atoms with van der Waals surface area (Å²) in [6.07, 6.45) is 9.71. The van der Waals surface area contributed by atoms with Gasteiger partial charge in [-0.25, -0.2) is 0 Å². The largest absolute Gasteiger partial charge is 0.346 e. The smallest absolute Gasteiger partial charge is 0.263 e. The number of nitrogens with one attached hydrogen (secondary N) is 1. The van der Waals surface area contributed by atoms with E-state index in [-0.39, 0.29) is 17.0 Å². The maximum absolute atomic E-state index is 12.6. The highest BCUT2D eigenvalue weighted by Crippen LogP contribution is 2.60. The molecule has 23 heavy (non-hydrogen) atoms. The molecule has 2 heterocycles. The molecule has 2 atom stereocenters. The summed E-state index contributed by atoms with van der Waals surface area (Å²) in [5.41, 5.74) is 1.51. The Hall–Kier alpha value is -1.83. The van der Waals surface area contributed by atoms with Gasteiger partial charge in [0.2, 0.25) is 0 Å². The lowest BCUT2D eigenvalue weighted by molar-refractivity contribution is -0.0810. The van der Waals surface area contributed by atoms with Crippen molar-refractivity contribution >= 4 is 17.2 Å². The number of rotatable bonds is 3. The van der Waals surface area contributed by atoms with Crippen LogP contribution >= 0.6 is 11.3 Å². The Morgan fingerprint density at radius 2 is 2.13 bits per heavy atom. The van der Waals surface area contributed by atoms with Gasteiger partial charge in [-0.05, 0) is 55.6 Å². The summed E-state index contributed by atoms with van der Waals surface area (Å²) in [6.45, 7) is 0. The van der Waals surface area contributed by atoms with Gasteiger partial charge in [-0.1, -0.05) is 0 Å². The first-order chi connectivity index (χ1) is 11.2. The second-order valence-electron chi connectivity index (χ2n) is 7.51. The number of carbonyl (C=O) groups excluding carboxylic acids is 1. The molecule has 0 saturated heterocycles. The molecule has 0 aromatic carbocycles. The molecule has 2 aromatic heterocycles. The number of aromatic nitrogens is 5. The van der Waals surface area contributed by atoms with E-state index in [1.165, 1.54) is 24.1 Å². The van der Waals surface area contributed by atoms with Crippen molar-refractivity contribution in [1.82, 2.24) is 30.5 Å². The van der Waals surface area contributed by atoms with E-state index >= 15 is 0 Å². The van der Waals surface area contributed by atoms with Crippen LogP contribution in [-0.4, -0.2) is 36.6 Å². The summed E-state index contributed by atoms with van der Waals surface area (Å²) in [6, 6.07) is 0. The quantitative estimate of drug-likeness (QED) is 0.924. The van der Waals surface area contributed by atoms with Crippen LogP contribution in [0.3, 0.4) is 0 Å². The third kappa shape index (κ3) is 2.04. The molecule has 8 heteroatoms. The van der Waals surface area contributed by atoms with E-state index < -0.39 is 0 Å². The Bertz CT molecular complexity index is 713. The number of tetrazole rings is 1. The van der Waals surface area contributed by atoms with Gasteiger partial charge in [-0.2, -0.15) is 4.80 Å². The van der Waals surface area contributed by atoms with Gasteiger partial charge in [0.05, 0.1) is 17.2 Å². The second-order valence-corrected chi connectivity index (χ2v) is 8.40. The fourth-order valence-corrected chi connectivity index (χ4v) is 6.12. The van der Waals surface area contributed by atoms with Crippen molar-refractivity contribution in [3.63, 3.8) is 0 Å². The fourth-order valence-electron chi connectivity index (χ4n) is 5.61. The summed E-state index contributed by atoms with van der Waals surface area (Å²) < 4.78 is 0. The molecule has 4 bridgehead atoms. The summed E-state index contributed by atoms with van der Waals surface area (Å²) in [5.74, 6) is 1.30. The highest BCUT2D eigenvalue weighted by atomic mass is 32.1. The third-order valence-corrected chi connectivity index (χ3v) is 6.61. The molecule has 0 spiro atoms. The zero-order valence-electron chi connectivity index (χ0n) is 12.7. The maximum atomic E-state index is 12.6. The first kappa shape index (κ1) is 13.6. The van der Waals surface area contributed by atoms with E-state index in [4.69, 9.17) is 0 Å². The SMILES string of the molecule is O=C(NC12CC3CC(C1)CC(n1ncnn1)(C3)C2)c1cncs1. The standard InChI is InChI=1S/C15H18N6OS/c22-13(12-6-16-9-23-12)19-14-2-10-1-11(3-14)5-15(4-10,7-14)21-18-8-17-20-21/h6,8-11H,1-5,7H2,(H,19,22). The van der Waals surface area contributed by atoms with Crippen molar-refractivity contribution in [1.29, 1.82) is 0 Å². The van der Waals surface area contributed by atoms with Gasteiger partial charge in [0.1, 0.15) is 4.88 Å². The molecule has 4 aliphatic carbocycles. The average Bonchev–Trinajstić information content (AvgIpc) is 3.20. The van der Waals surface area contributed by atoms with Gasteiger partial charge in [-0.3, -0.25) is 9.78 Å². The van der Waals surface area contributed by atoms with Crippen LogP contribution in [0.25, 0.3) is 0 Å². The minimum atomic E-state index is -0.126. The van der Waals surface area contributed by atoms with Gasteiger partial charge in [0, 0.05) is 5.54 Å². The van der Waals surface area contributed by atoms with Gasteiger partial charge in [-0.15, -0.1) is 21.5 Å². The van der Waals surface area contributed by atoms with Gasteiger partial charge >= 0.3 is 0 Å². The molecule has 6 rings (SSSR count). The molecule has 4 saturated carbocycles. The van der Waals surface area contributed by atoms with Crippen LogP contribution in [0.5, 0.6) is 0 Å². The average molecular weight is 330 g/mol. The summed E-state index contributed by atoms with van der Waals surface area (Å²) in [5, 5.41) is 15.8. The van der Waals surface area contributed by atoms with Crippen molar-refractivity contribution < 1.29 is 4.79 Å². The van der Waals surface area contributed by atoms with E-state index in [1.54, 1.807) is 11.7 Å². The molecule has 4 aliphatic rings. The van der Waals surface area contributed by atoms with Crippen LogP contribution in [-0.2, 0) is 5.54 Å². The molecule has 2 aromatic rings. The molecule has 0 aliphatic heterocycles. The minimum absolute atomic E-state index is 0.0103. The Balaban J connectivity index is 1.48. The van der Waals surface area contributed by atoms with Crippen LogP contribution in [0.1, 0.15) is 48.2 Å². The van der Waals surface area contributed by atoms with Crippen LogP contribution in [0.2, 0.25) is 0 Å². The highest BCUT2D eigenvalue weighted by Gasteiger charge is 2.60. The molecule has 4 fully saturated rings. The van der Waals surface area contributed by atoms with Crippen LogP contribution in [0.15, 0.2) is 18.0 Å². The molecular formula is C15H18N6OS. The lowest BCUT2D eigenvalue weighted by Crippen LogP contribution is -2.66. The van der Waals surface area contributed by atoms with Crippen LogP contribution in [0.4, 0.5) is 0 Å². The number of nitrogens with zero attached hydrogens (tertiary/aromatic N) is 5. The van der Waals surface area contributed by atoms with Gasteiger partial charge in [0.15, 0.2) is 6.33 Å². The van der Waals surface area contributed by atoms with Crippen molar-refractivity contribution in [3.05, 3.63) is 22.9 Å². The van der Waals surface area contributed by atoms with Crippen molar-refractivity contribution in [3.8, 4) is 0 Å². The molecule has 2 unspecified atom stereocenters. The number of carbonyl (C=O) groups is 1. The fraction of sp³-hybridized carbons (Fsp3) is 0.667. The van der Waals surface area contributed by atoms with Crippen LogP contribution in [0, 0.1) is 11.8 Å². The van der Waals surface area contributed by atoms with Crippen molar-refractivity contribution in [2.45, 2.75) is 49.6 Å². The molecular weight excluding hydrogens is 312 g/mol. The molecule has 0 radical (unpaired) electrons. The monoisotopic (exact) mass is 330 g/mol. The minimum Gasteiger partial charge on any atom is -0.346 e. The first-order valence-electron chi connectivity index (χ1n) is 8.11. The zero-order chi connectivity index (χ0) is 15.5. The number of thiazole rings is 1. The first-order valence-corrected chi connectivity index (χ1v) is 8.99. The number of amides is 1. The maximum Gasteiger partial charge on any atom is 0.263 e. The van der Waals surface area contributed by atoms with Crippen molar-refractivity contribution in [2.75, 3.05) is 0 Å². The Morgan fingerprint density at radius 1 is 1.30 bits per heavy atom. The third-order valence-electron chi connectivity index (χ3n) is 5.84. The molecule has 1 N–H and O–H groups in total. The van der Waals surface area contributed by atoms with Gasteiger partial charge < -0.3 is 5.32 Å². The second kappa shape index (κ2) is 4.59. The van der Waals surface area contributed by atoms with Gasteiger partial charge in [0.25, 0.3) is 5.91 Å². The van der Waals surface area contributed by atoms with E-state index in [1.807, 2.05) is 4.80 Å². The number of hydrogen-bond acceptors (Lipinski definition) is 6. The Labute approximate surface area is 137 Å². The predicted octanol–water partition coefficient (Wildman–Crippen LogP) is 1.61. The number of hydrogen-bond donors (Lipinski definition) is 1. The van der Waals surface area contributed by atoms with E-state index in [2.05, 4.69) is 25.7 Å². The van der Waals surface area contributed by atoms with E-state index in [9.17, 15) is 4.79 Å². The summed E-state index contributed by atoms with van der Waals surface area (Å²) in [7, 11) is 0. The predicted molar refractivity (Wildman–Crippen MR) is 82.8 cm³/mol. The summed E-state index contributed by atoms with van der Waals surface area (Å²) >= 11 is 1.39. The normalized spacial score (nSPS) is 37.9. The zero-order valence-corrected chi connectivity index (χ0v) is 13.5. The highest BCUT2D eigenvalue weighted by molar-refractivity contribution is 7.11. The summed E-state index contributed by atoms with van der Waals surface area (Å²) in [4.78, 5) is 19.1.